The topological polar surface area (TPSA) is 69.2 Å². The van der Waals surface area contributed by atoms with Gasteiger partial charge in [-0.2, -0.15) is 0 Å². The van der Waals surface area contributed by atoms with E-state index in [1.807, 2.05) is 59.5 Å². The summed E-state index contributed by atoms with van der Waals surface area (Å²) in [4.78, 5) is 23.0. The minimum atomic E-state index is -0.864. The van der Waals surface area contributed by atoms with Crippen LogP contribution in [0.25, 0.3) is 11.0 Å². The van der Waals surface area contributed by atoms with Crippen molar-refractivity contribution in [2.24, 2.45) is 5.92 Å². The average molecular weight is 375 g/mol. The molecule has 2 heterocycles. The van der Waals surface area contributed by atoms with Crippen LogP contribution in [0.2, 0.25) is 0 Å². The van der Waals surface area contributed by atoms with Crippen LogP contribution in [0.4, 0.5) is 0 Å². The maximum Gasteiger partial charge on any atom is 0.289 e. The second-order valence-electron chi connectivity index (χ2n) is 8.10. The number of hydrogen-bond acceptors (Lipinski definition) is 3. The van der Waals surface area contributed by atoms with Crippen molar-refractivity contribution in [2.45, 2.75) is 43.7 Å². The number of benzene rings is 2. The van der Waals surface area contributed by atoms with Gasteiger partial charge in [-0.3, -0.25) is 4.79 Å². The van der Waals surface area contributed by atoms with Crippen LogP contribution < -0.4 is 0 Å². The van der Waals surface area contributed by atoms with Crippen molar-refractivity contribution in [1.82, 2.24) is 14.9 Å². The lowest BCUT2D eigenvalue weighted by Gasteiger charge is -2.52. The largest absolute Gasteiger partial charge is 0.385 e. The maximum atomic E-state index is 13.3. The highest BCUT2D eigenvalue weighted by Crippen LogP contribution is 2.47. The molecule has 144 valence electrons. The number of carbonyl (C=O) groups is 1. The molecule has 1 aliphatic carbocycles. The van der Waals surface area contributed by atoms with E-state index in [2.05, 4.69) is 9.97 Å². The SMILES string of the molecule is O=C(c1nc2ccccc2[nH]1)N1CC[C@@](O)(c2ccccc2)[C@@H]2CCCC[C@@H]21. The molecule has 1 amide bonds. The quantitative estimate of drug-likeness (QED) is 0.715. The third kappa shape index (κ3) is 2.73. The fourth-order valence-corrected chi connectivity index (χ4v) is 5.21. The number of para-hydroxylation sites is 2. The van der Waals surface area contributed by atoms with Gasteiger partial charge >= 0.3 is 0 Å². The average Bonchev–Trinajstić information content (AvgIpc) is 3.19. The number of nitrogens with one attached hydrogen (secondary N) is 1. The van der Waals surface area contributed by atoms with Gasteiger partial charge in [0, 0.05) is 18.5 Å². The van der Waals surface area contributed by atoms with Crippen molar-refractivity contribution in [3.05, 3.63) is 66.0 Å². The van der Waals surface area contributed by atoms with E-state index in [9.17, 15) is 9.90 Å². The number of aliphatic hydroxyl groups is 1. The molecule has 0 bridgehead atoms. The fraction of sp³-hybridized carbons (Fsp3) is 0.391. The van der Waals surface area contributed by atoms with Gasteiger partial charge in [-0.25, -0.2) is 4.98 Å². The molecule has 2 aliphatic rings. The molecule has 0 spiro atoms. The lowest BCUT2D eigenvalue weighted by atomic mass is 9.66. The Morgan fingerprint density at radius 1 is 1.07 bits per heavy atom. The first kappa shape index (κ1) is 17.4. The van der Waals surface area contributed by atoms with Crippen molar-refractivity contribution in [2.75, 3.05) is 6.54 Å². The first-order valence-corrected chi connectivity index (χ1v) is 10.2. The van der Waals surface area contributed by atoms with E-state index in [0.717, 1.165) is 42.3 Å². The normalized spacial score (nSPS) is 27.5. The van der Waals surface area contributed by atoms with Gasteiger partial charge in [-0.1, -0.05) is 55.3 Å². The number of rotatable bonds is 2. The van der Waals surface area contributed by atoms with E-state index >= 15 is 0 Å². The number of imidazole rings is 1. The van der Waals surface area contributed by atoms with Crippen LogP contribution in [0, 0.1) is 5.92 Å². The molecule has 3 atom stereocenters. The van der Waals surface area contributed by atoms with Crippen molar-refractivity contribution in [3.8, 4) is 0 Å². The molecule has 0 unspecified atom stereocenters. The fourth-order valence-electron chi connectivity index (χ4n) is 5.21. The molecule has 0 radical (unpaired) electrons. The van der Waals surface area contributed by atoms with Gasteiger partial charge in [-0.15, -0.1) is 0 Å². The Morgan fingerprint density at radius 2 is 1.82 bits per heavy atom. The molecule has 1 aliphatic heterocycles. The molecular formula is C23H25N3O2. The summed E-state index contributed by atoms with van der Waals surface area (Å²) in [6.07, 6.45) is 4.63. The Hall–Kier alpha value is -2.66. The summed E-state index contributed by atoms with van der Waals surface area (Å²) in [5, 5.41) is 11.7. The molecule has 2 aromatic carbocycles. The van der Waals surface area contributed by atoms with E-state index in [0.29, 0.717) is 18.8 Å². The van der Waals surface area contributed by atoms with Crippen LogP contribution in [-0.2, 0) is 5.60 Å². The highest BCUT2D eigenvalue weighted by atomic mass is 16.3. The molecule has 1 saturated carbocycles. The lowest BCUT2D eigenvalue weighted by Crippen LogP contribution is -2.59. The number of carbonyl (C=O) groups excluding carboxylic acids is 1. The Morgan fingerprint density at radius 3 is 2.64 bits per heavy atom. The summed E-state index contributed by atoms with van der Waals surface area (Å²) in [7, 11) is 0. The zero-order valence-corrected chi connectivity index (χ0v) is 15.8. The van der Waals surface area contributed by atoms with Crippen molar-refractivity contribution < 1.29 is 9.90 Å². The smallest absolute Gasteiger partial charge is 0.289 e. The zero-order chi connectivity index (χ0) is 19.1. The van der Waals surface area contributed by atoms with Crippen molar-refractivity contribution in [1.29, 1.82) is 0 Å². The number of aromatic amines is 1. The van der Waals surface area contributed by atoms with Crippen LogP contribution in [0.15, 0.2) is 54.6 Å². The second kappa shape index (κ2) is 6.74. The molecule has 3 aromatic rings. The second-order valence-corrected chi connectivity index (χ2v) is 8.10. The summed E-state index contributed by atoms with van der Waals surface area (Å²) < 4.78 is 0. The number of piperidine rings is 1. The van der Waals surface area contributed by atoms with E-state index in [1.165, 1.54) is 0 Å². The molecule has 5 rings (SSSR count). The number of H-pyrrole nitrogens is 1. The van der Waals surface area contributed by atoms with Gasteiger partial charge in [-0.05, 0) is 37.0 Å². The monoisotopic (exact) mass is 375 g/mol. The summed E-state index contributed by atoms with van der Waals surface area (Å²) in [6.45, 7) is 0.544. The van der Waals surface area contributed by atoms with E-state index < -0.39 is 5.60 Å². The highest BCUT2D eigenvalue weighted by molar-refractivity contribution is 5.94. The van der Waals surface area contributed by atoms with E-state index in [1.54, 1.807) is 0 Å². The maximum absolute atomic E-state index is 13.3. The molecule has 5 heteroatoms. The van der Waals surface area contributed by atoms with Gasteiger partial charge in [0.1, 0.15) is 0 Å². The molecule has 2 fully saturated rings. The number of nitrogens with zero attached hydrogens (tertiary/aromatic N) is 2. The molecule has 28 heavy (non-hydrogen) atoms. The van der Waals surface area contributed by atoms with Crippen LogP contribution in [-0.4, -0.2) is 38.5 Å². The van der Waals surface area contributed by atoms with Gasteiger partial charge in [0.15, 0.2) is 5.82 Å². The zero-order valence-electron chi connectivity index (χ0n) is 15.8. The Bertz CT molecular complexity index is 966. The van der Waals surface area contributed by atoms with Gasteiger partial charge in [0.05, 0.1) is 16.6 Å². The Balaban J connectivity index is 1.48. The molecule has 1 saturated heterocycles. The number of likely N-dealkylation sites (tertiary alicyclic amines) is 1. The molecule has 2 N–H and O–H groups in total. The van der Waals surface area contributed by atoms with Crippen molar-refractivity contribution >= 4 is 16.9 Å². The van der Waals surface area contributed by atoms with E-state index in [4.69, 9.17) is 0 Å². The Kier molecular flexibility index (Phi) is 4.20. The van der Waals surface area contributed by atoms with Crippen LogP contribution in [0.3, 0.4) is 0 Å². The molecule has 1 aromatic heterocycles. The van der Waals surface area contributed by atoms with Crippen LogP contribution in [0.1, 0.15) is 48.3 Å². The molecule has 5 nitrogen and oxygen atoms in total. The van der Waals surface area contributed by atoms with Gasteiger partial charge in [0.2, 0.25) is 0 Å². The van der Waals surface area contributed by atoms with Crippen molar-refractivity contribution in [3.63, 3.8) is 0 Å². The summed E-state index contributed by atoms with van der Waals surface area (Å²) in [5.74, 6) is 0.407. The lowest BCUT2D eigenvalue weighted by molar-refractivity contribution is -0.110. The highest BCUT2D eigenvalue weighted by Gasteiger charge is 2.50. The number of hydrogen-bond donors (Lipinski definition) is 2. The van der Waals surface area contributed by atoms with E-state index in [-0.39, 0.29) is 17.9 Å². The molecular weight excluding hydrogens is 350 g/mol. The predicted molar refractivity (Wildman–Crippen MR) is 108 cm³/mol. The number of aromatic nitrogens is 2. The third-order valence-electron chi connectivity index (χ3n) is 6.60. The number of fused-ring (bicyclic) bond motifs is 2. The minimum Gasteiger partial charge on any atom is -0.385 e. The van der Waals surface area contributed by atoms with Crippen LogP contribution >= 0.6 is 0 Å². The summed E-state index contributed by atoms with van der Waals surface area (Å²) in [6, 6.07) is 17.7. The predicted octanol–water partition coefficient (Wildman–Crippen LogP) is 3.86. The van der Waals surface area contributed by atoms with Gasteiger partial charge in [0.25, 0.3) is 5.91 Å². The minimum absolute atomic E-state index is 0.0495. The Labute approximate surface area is 164 Å². The summed E-state index contributed by atoms with van der Waals surface area (Å²) >= 11 is 0. The first-order valence-electron chi connectivity index (χ1n) is 10.2. The standard InChI is InChI=1S/C23H25N3O2/c27-22(21-24-18-11-5-6-12-19(18)25-21)26-15-14-23(28,16-8-2-1-3-9-16)17-10-4-7-13-20(17)26/h1-3,5-6,8-9,11-12,17,20,28H,4,7,10,13-15H2,(H,24,25)/t17-,20+,23-/m1/s1. The number of amides is 1. The van der Waals surface area contributed by atoms with Gasteiger partial charge < -0.3 is 15.0 Å². The van der Waals surface area contributed by atoms with Crippen LogP contribution in [0.5, 0.6) is 0 Å². The third-order valence-corrected chi connectivity index (χ3v) is 6.60. The first-order chi connectivity index (χ1) is 13.7. The summed E-state index contributed by atoms with van der Waals surface area (Å²) in [5.41, 5.74) is 1.80.